The number of nitrogens with one attached hydrogen (secondary N) is 1. The van der Waals surface area contributed by atoms with E-state index in [1.54, 1.807) is 7.05 Å². The van der Waals surface area contributed by atoms with Gasteiger partial charge in [-0.15, -0.1) is 0 Å². The van der Waals surface area contributed by atoms with E-state index in [1.807, 2.05) is 24.3 Å². The zero-order valence-corrected chi connectivity index (χ0v) is 9.13. The van der Waals surface area contributed by atoms with Gasteiger partial charge >= 0.3 is 0 Å². The molecule has 0 bridgehead atoms. The average molecular weight is 213 g/mol. The van der Waals surface area contributed by atoms with E-state index in [-0.39, 0.29) is 0 Å². The van der Waals surface area contributed by atoms with Crippen molar-refractivity contribution in [3.8, 4) is 0 Å². The van der Waals surface area contributed by atoms with Gasteiger partial charge in [0, 0.05) is 0 Å². The van der Waals surface area contributed by atoms with Crippen LogP contribution >= 0.6 is 0 Å². The molecule has 3 heteroatoms. The second-order valence-corrected chi connectivity index (χ2v) is 3.60. The van der Waals surface area contributed by atoms with Crippen LogP contribution in [-0.4, -0.2) is 19.5 Å². The fraction of sp³-hybridized carbons (Fsp3) is 0.500. The molecule has 0 spiro atoms. The molecule has 1 aromatic rings. The Balaban J connectivity index is 2.63. The first-order valence-corrected chi connectivity index (χ1v) is 5.20. The lowest BCUT2D eigenvalue weighted by molar-refractivity contribution is 0.102. The summed E-state index contributed by atoms with van der Waals surface area (Å²) in [6.45, 7) is 2.07. The number of hydrogen-bond donors (Lipinski definition) is 1. The molecule has 15 heavy (non-hydrogen) atoms. The molecule has 0 aliphatic heterocycles. The van der Waals surface area contributed by atoms with Crippen LogP contribution in [0.15, 0.2) is 24.3 Å². The molecular weight excluding hydrogens is 196 g/mol. The molecule has 0 heterocycles. The molecule has 0 aliphatic carbocycles. The highest BCUT2D eigenvalue weighted by Gasteiger charge is 2.17. The van der Waals surface area contributed by atoms with Crippen molar-refractivity contribution in [2.24, 2.45) is 0 Å². The largest absolute Gasteiger partial charge is 0.312 e. The SMILES string of the molecule is CCc1ccc(CC(NC)C(F)F)cc1. The van der Waals surface area contributed by atoms with Gasteiger partial charge in [0.25, 0.3) is 6.43 Å². The predicted molar refractivity (Wildman–Crippen MR) is 58.4 cm³/mol. The van der Waals surface area contributed by atoms with Gasteiger partial charge in [0.05, 0.1) is 6.04 Å². The Labute approximate surface area is 89.5 Å². The van der Waals surface area contributed by atoms with Crippen molar-refractivity contribution in [3.63, 3.8) is 0 Å². The maximum Gasteiger partial charge on any atom is 0.254 e. The summed E-state index contributed by atoms with van der Waals surface area (Å²) in [5, 5.41) is 2.63. The number of rotatable bonds is 5. The van der Waals surface area contributed by atoms with E-state index in [9.17, 15) is 8.78 Å². The minimum atomic E-state index is -2.32. The van der Waals surface area contributed by atoms with E-state index >= 15 is 0 Å². The third kappa shape index (κ3) is 3.59. The van der Waals surface area contributed by atoms with Crippen molar-refractivity contribution >= 4 is 0 Å². The number of likely N-dealkylation sites (N-methyl/N-ethyl adjacent to an activating group) is 1. The summed E-state index contributed by atoms with van der Waals surface area (Å²) in [5.74, 6) is 0. The van der Waals surface area contributed by atoms with Crippen LogP contribution in [0.5, 0.6) is 0 Å². The van der Waals surface area contributed by atoms with Gasteiger partial charge in [0.1, 0.15) is 0 Å². The fourth-order valence-electron chi connectivity index (χ4n) is 1.48. The third-order valence-corrected chi connectivity index (χ3v) is 2.56. The minimum absolute atomic E-state index is 0.373. The molecule has 1 N–H and O–H groups in total. The fourth-order valence-corrected chi connectivity index (χ4v) is 1.48. The number of hydrogen-bond acceptors (Lipinski definition) is 1. The Kier molecular flexibility index (Phi) is 4.69. The normalized spacial score (nSPS) is 13.1. The summed E-state index contributed by atoms with van der Waals surface area (Å²) < 4.78 is 24.9. The second-order valence-electron chi connectivity index (χ2n) is 3.60. The lowest BCUT2D eigenvalue weighted by Crippen LogP contribution is -2.34. The Bertz CT molecular complexity index is 282. The van der Waals surface area contributed by atoms with Gasteiger partial charge in [-0.05, 0) is 31.0 Å². The van der Waals surface area contributed by atoms with Gasteiger partial charge < -0.3 is 5.32 Å². The zero-order valence-electron chi connectivity index (χ0n) is 9.13. The summed E-state index contributed by atoms with van der Waals surface area (Å²) >= 11 is 0. The first kappa shape index (κ1) is 12.1. The first-order chi connectivity index (χ1) is 7.17. The molecular formula is C12H17F2N. The molecule has 0 aliphatic rings. The van der Waals surface area contributed by atoms with Gasteiger partial charge in [-0.3, -0.25) is 0 Å². The molecule has 0 fully saturated rings. The van der Waals surface area contributed by atoms with Crippen LogP contribution in [0.3, 0.4) is 0 Å². The van der Waals surface area contributed by atoms with E-state index in [0.717, 1.165) is 12.0 Å². The molecule has 0 radical (unpaired) electrons. The number of alkyl halides is 2. The number of benzene rings is 1. The van der Waals surface area contributed by atoms with Gasteiger partial charge in [-0.25, -0.2) is 8.78 Å². The molecule has 1 rings (SSSR count). The average Bonchev–Trinajstić information content (AvgIpc) is 2.26. The maximum absolute atomic E-state index is 12.5. The summed E-state index contributed by atoms with van der Waals surface area (Å²) in [6, 6.07) is 7.08. The molecule has 0 aromatic heterocycles. The third-order valence-electron chi connectivity index (χ3n) is 2.56. The highest BCUT2D eigenvalue weighted by molar-refractivity contribution is 5.23. The molecule has 1 nitrogen and oxygen atoms in total. The molecule has 1 unspecified atom stereocenters. The maximum atomic E-state index is 12.5. The lowest BCUT2D eigenvalue weighted by atomic mass is 10.0. The Hall–Kier alpha value is -0.960. The number of halogens is 2. The van der Waals surface area contributed by atoms with Crippen LogP contribution in [0.1, 0.15) is 18.1 Å². The summed E-state index contributed by atoms with van der Waals surface area (Å²) in [6.07, 6.45) is -0.969. The zero-order chi connectivity index (χ0) is 11.3. The summed E-state index contributed by atoms with van der Waals surface area (Å²) in [4.78, 5) is 0. The molecule has 0 saturated heterocycles. The Morgan fingerprint density at radius 2 is 1.67 bits per heavy atom. The van der Waals surface area contributed by atoms with Crippen molar-refractivity contribution in [1.29, 1.82) is 0 Å². The molecule has 0 saturated carbocycles. The van der Waals surface area contributed by atoms with Crippen LogP contribution in [0.2, 0.25) is 0 Å². The van der Waals surface area contributed by atoms with E-state index in [1.165, 1.54) is 5.56 Å². The number of aryl methyl sites for hydroxylation is 1. The molecule has 84 valence electrons. The van der Waals surface area contributed by atoms with E-state index < -0.39 is 12.5 Å². The highest BCUT2D eigenvalue weighted by Crippen LogP contribution is 2.11. The van der Waals surface area contributed by atoms with E-state index in [0.29, 0.717) is 6.42 Å². The summed E-state index contributed by atoms with van der Waals surface area (Å²) in [5.41, 5.74) is 2.18. The molecule has 0 amide bonds. The van der Waals surface area contributed by atoms with Crippen molar-refractivity contribution in [3.05, 3.63) is 35.4 Å². The smallest absolute Gasteiger partial charge is 0.254 e. The highest BCUT2D eigenvalue weighted by atomic mass is 19.3. The van der Waals surface area contributed by atoms with Crippen LogP contribution in [0, 0.1) is 0 Å². The Morgan fingerprint density at radius 1 is 1.13 bits per heavy atom. The van der Waals surface area contributed by atoms with E-state index in [2.05, 4.69) is 12.2 Å². The molecule has 1 aromatic carbocycles. The topological polar surface area (TPSA) is 12.0 Å². The first-order valence-electron chi connectivity index (χ1n) is 5.20. The monoisotopic (exact) mass is 213 g/mol. The Morgan fingerprint density at radius 3 is 2.07 bits per heavy atom. The standard InChI is InChI=1S/C12H17F2N/c1-3-9-4-6-10(7-5-9)8-11(15-2)12(13)14/h4-7,11-12,15H,3,8H2,1-2H3. The van der Waals surface area contributed by atoms with Gasteiger partial charge in [-0.1, -0.05) is 31.2 Å². The van der Waals surface area contributed by atoms with E-state index in [4.69, 9.17) is 0 Å². The van der Waals surface area contributed by atoms with Crippen LogP contribution < -0.4 is 5.32 Å². The van der Waals surface area contributed by atoms with Crippen LogP contribution in [0.25, 0.3) is 0 Å². The summed E-state index contributed by atoms with van der Waals surface area (Å²) in [7, 11) is 1.57. The van der Waals surface area contributed by atoms with Crippen molar-refractivity contribution in [2.75, 3.05) is 7.05 Å². The van der Waals surface area contributed by atoms with Gasteiger partial charge in [0.15, 0.2) is 0 Å². The van der Waals surface area contributed by atoms with Crippen molar-refractivity contribution < 1.29 is 8.78 Å². The lowest BCUT2D eigenvalue weighted by Gasteiger charge is -2.15. The van der Waals surface area contributed by atoms with Crippen LogP contribution in [-0.2, 0) is 12.8 Å². The van der Waals surface area contributed by atoms with Gasteiger partial charge in [-0.2, -0.15) is 0 Å². The van der Waals surface area contributed by atoms with Crippen LogP contribution in [0.4, 0.5) is 8.78 Å². The second kappa shape index (κ2) is 5.81. The van der Waals surface area contributed by atoms with Gasteiger partial charge in [0.2, 0.25) is 0 Å². The predicted octanol–water partition coefficient (Wildman–Crippen LogP) is 2.64. The minimum Gasteiger partial charge on any atom is -0.312 e. The van der Waals surface area contributed by atoms with Crippen molar-refractivity contribution in [1.82, 2.24) is 5.32 Å². The quantitative estimate of drug-likeness (QED) is 0.793. The van der Waals surface area contributed by atoms with Crippen molar-refractivity contribution in [2.45, 2.75) is 32.2 Å². The molecule has 1 atom stereocenters.